The Hall–Kier alpha value is -2.11. The van der Waals surface area contributed by atoms with E-state index in [0.717, 1.165) is 12.2 Å². The Labute approximate surface area is 92.2 Å². The number of carbonyl (C=O) groups is 1. The molecule has 0 aromatic carbocycles. The summed E-state index contributed by atoms with van der Waals surface area (Å²) in [5.74, 6) is -0.00406. The SMILES string of the molecule is Cn1ccnc1CCn1cc(C(=O)O)cn1. The summed E-state index contributed by atoms with van der Waals surface area (Å²) in [6, 6.07) is 0. The van der Waals surface area contributed by atoms with Crippen molar-refractivity contribution in [2.24, 2.45) is 7.05 Å². The van der Waals surface area contributed by atoms with E-state index in [2.05, 4.69) is 10.1 Å². The second-order valence-electron chi connectivity index (χ2n) is 3.50. The standard InChI is InChI=1S/C10H12N4O2/c1-13-5-3-11-9(13)2-4-14-7-8(6-12-14)10(15)16/h3,5-7H,2,4H2,1H3,(H,15,16). The Morgan fingerprint density at radius 1 is 1.56 bits per heavy atom. The van der Waals surface area contributed by atoms with E-state index in [0.29, 0.717) is 6.54 Å². The van der Waals surface area contributed by atoms with Crippen molar-refractivity contribution in [2.75, 3.05) is 0 Å². The van der Waals surface area contributed by atoms with Crippen LogP contribution in [0.1, 0.15) is 16.2 Å². The minimum atomic E-state index is -0.955. The van der Waals surface area contributed by atoms with E-state index in [4.69, 9.17) is 5.11 Å². The fourth-order valence-electron chi connectivity index (χ4n) is 1.45. The average molecular weight is 220 g/mol. The van der Waals surface area contributed by atoms with E-state index in [-0.39, 0.29) is 5.56 Å². The maximum Gasteiger partial charge on any atom is 0.338 e. The molecule has 2 rings (SSSR count). The molecule has 0 aliphatic heterocycles. The smallest absolute Gasteiger partial charge is 0.338 e. The third-order valence-electron chi connectivity index (χ3n) is 2.37. The lowest BCUT2D eigenvalue weighted by molar-refractivity contribution is 0.0697. The Kier molecular flexibility index (Phi) is 2.72. The van der Waals surface area contributed by atoms with Crippen molar-refractivity contribution in [1.29, 1.82) is 0 Å². The number of rotatable bonds is 4. The Balaban J connectivity index is 2.00. The van der Waals surface area contributed by atoms with Gasteiger partial charge in [0.25, 0.3) is 0 Å². The normalized spacial score (nSPS) is 10.6. The lowest BCUT2D eigenvalue weighted by Gasteiger charge is -2.01. The van der Waals surface area contributed by atoms with Gasteiger partial charge in [0, 0.05) is 38.6 Å². The fourth-order valence-corrected chi connectivity index (χ4v) is 1.45. The molecule has 0 atom stereocenters. The minimum absolute atomic E-state index is 0.208. The fraction of sp³-hybridized carbons (Fsp3) is 0.300. The number of hydrogen-bond donors (Lipinski definition) is 1. The van der Waals surface area contributed by atoms with Crippen molar-refractivity contribution in [2.45, 2.75) is 13.0 Å². The molecule has 0 radical (unpaired) electrons. The molecule has 0 bridgehead atoms. The molecule has 0 saturated heterocycles. The van der Waals surface area contributed by atoms with Crippen LogP contribution in [0, 0.1) is 0 Å². The van der Waals surface area contributed by atoms with Crippen molar-refractivity contribution >= 4 is 5.97 Å². The molecular weight excluding hydrogens is 208 g/mol. The molecule has 2 aromatic heterocycles. The summed E-state index contributed by atoms with van der Waals surface area (Å²) >= 11 is 0. The molecule has 0 saturated carbocycles. The van der Waals surface area contributed by atoms with Gasteiger partial charge in [-0.1, -0.05) is 0 Å². The van der Waals surface area contributed by atoms with Crippen LogP contribution < -0.4 is 0 Å². The number of aromatic carboxylic acids is 1. The maximum absolute atomic E-state index is 10.6. The van der Waals surface area contributed by atoms with E-state index in [1.807, 2.05) is 17.8 Å². The van der Waals surface area contributed by atoms with Gasteiger partial charge in [0.05, 0.1) is 11.8 Å². The van der Waals surface area contributed by atoms with E-state index in [1.54, 1.807) is 10.9 Å². The first-order valence-corrected chi connectivity index (χ1v) is 4.89. The van der Waals surface area contributed by atoms with Gasteiger partial charge in [0.2, 0.25) is 0 Å². The lowest BCUT2D eigenvalue weighted by Crippen LogP contribution is -2.06. The second kappa shape index (κ2) is 4.18. The van der Waals surface area contributed by atoms with Gasteiger partial charge >= 0.3 is 5.97 Å². The van der Waals surface area contributed by atoms with E-state index in [9.17, 15) is 4.79 Å². The van der Waals surface area contributed by atoms with Gasteiger partial charge in [-0.3, -0.25) is 4.68 Å². The highest BCUT2D eigenvalue weighted by Crippen LogP contribution is 2.01. The minimum Gasteiger partial charge on any atom is -0.478 e. The molecule has 2 aromatic rings. The van der Waals surface area contributed by atoms with Crippen LogP contribution in [0.2, 0.25) is 0 Å². The number of hydrogen-bond acceptors (Lipinski definition) is 3. The highest BCUT2D eigenvalue weighted by molar-refractivity contribution is 5.86. The monoisotopic (exact) mass is 220 g/mol. The van der Waals surface area contributed by atoms with Crippen molar-refractivity contribution in [3.63, 3.8) is 0 Å². The predicted octanol–water partition coefficient (Wildman–Crippen LogP) is 0.557. The summed E-state index contributed by atoms with van der Waals surface area (Å²) < 4.78 is 3.54. The number of nitrogens with zero attached hydrogens (tertiary/aromatic N) is 4. The summed E-state index contributed by atoms with van der Waals surface area (Å²) in [7, 11) is 1.92. The Morgan fingerprint density at radius 3 is 2.94 bits per heavy atom. The van der Waals surface area contributed by atoms with Crippen LogP contribution in [0.3, 0.4) is 0 Å². The topological polar surface area (TPSA) is 72.9 Å². The van der Waals surface area contributed by atoms with Gasteiger partial charge in [-0.05, 0) is 0 Å². The summed E-state index contributed by atoms with van der Waals surface area (Å²) in [5.41, 5.74) is 0.208. The van der Waals surface area contributed by atoms with Gasteiger partial charge in [-0.2, -0.15) is 5.10 Å². The van der Waals surface area contributed by atoms with Crippen LogP contribution in [-0.2, 0) is 20.0 Å². The molecule has 6 nitrogen and oxygen atoms in total. The van der Waals surface area contributed by atoms with Gasteiger partial charge in [0.15, 0.2) is 0 Å². The molecule has 0 unspecified atom stereocenters. The third-order valence-corrected chi connectivity index (χ3v) is 2.37. The molecule has 0 aliphatic carbocycles. The number of carboxylic acid groups (broad SMARTS) is 1. The van der Waals surface area contributed by atoms with Crippen LogP contribution in [-0.4, -0.2) is 30.4 Å². The molecule has 0 spiro atoms. The van der Waals surface area contributed by atoms with Crippen molar-refractivity contribution in [1.82, 2.24) is 19.3 Å². The van der Waals surface area contributed by atoms with Crippen molar-refractivity contribution in [3.8, 4) is 0 Å². The van der Waals surface area contributed by atoms with Gasteiger partial charge in [-0.25, -0.2) is 9.78 Å². The predicted molar refractivity (Wildman–Crippen MR) is 56.1 cm³/mol. The summed E-state index contributed by atoms with van der Waals surface area (Å²) in [4.78, 5) is 14.8. The van der Waals surface area contributed by atoms with Crippen LogP contribution >= 0.6 is 0 Å². The first kappa shape index (κ1) is 10.4. The largest absolute Gasteiger partial charge is 0.478 e. The van der Waals surface area contributed by atoms with Crippen LogP contribution in [0.15, 0.2) is 24.8 Å². The summed E-state index contributed by atoms with van der Waals surface area (Å²) in [6.07, 6.45) is 7.21. The highest BCUT2D eigenvalue weighted by atomic mass is 16.4. The molecule has 0 aliphatic rings. The van der Waals surface area contributed by atoms with Gasteiger partial charge < -0.3 is 9.67 Å². The molecule has 6 heteroatoms. The molecule has 0 fully saturated rings. The van der Waals surface area contributed by atoms with Gasteiger partial charge in [0.1, 0.15) is 5.82 Å². The molecule has 16 heavy (non-hydrogen) atoms. The quantitative estimate of drug-likeness (QED) is 0.817. The van der Waals surface area contributed by atoms with Crippen molar-refractivity contribution < 1.29 is 9.90 Å². The van der Waals surface area contributed by atoms with E-state index in [1.165, 1.54) is 12.4 Å². The maximum atomic E-state index is 10.6. The van der Waals surface area contributed by atoms with Crippen LogP contribution in [0.4, 0.5) is 0 Å². The first-order chi connectivity index (χ1) is 7.66. The third kappa shape index (κ3) is 2.10. The van der Waals surface area contributed by atoms with E-state index < -0.39 is 5.97 Å². The zero-order valence-corrected chi connectivity index (χ0v) is 8.87. The molecule has 84 valence electrons. The number of aryl methyl sites for hydroxylation is 3. The Bertz CT molecular complexity index is 500. The number of imidazole rings is 1. The number of carboxylic acids is 1. The van der Waals surface area contributed by atoms with Crippen LogP contribution in [0.5, 0.6) is 0 Å². The zero-order chi connectivity index (χ0) is 11.5. The Morgan fingerprint density at radius 2 is 2.38 bits per heavy atom. The second-order valence-corrected chi connectivity index (χ2v) is 3.50. The molecule has 1 N–H and O–H groups in total. The van der Waals surface area contributed by atoms with Gasteiger partial charge in [-0.15, -0.1) is 0 Å². The molecular formula is C10H12N4O2. The van der Waals surface area contributed by atoms with Crippen LogP contribution in [0.25, 0.3) is 0 Å². The number of aromatic nitrogens is 4. The molecule has 0 amide bonds. The van der Waals surface area contributed by atoms with E-state index >= 15 is 0 Å². The lowest BCUT2D eigenvalue weighted by atomic mass is 10.4. The molecule has 2 heterocycles. The first-order valence-electron chi connectivity index (χ1n) is 4.89. The summed E-state index contributed by atoms with van der Waals surface area (Å²) in [6.45, 7) is 0.623. The zero-order valence-electron chi connectivity index (χ0n) is 8.87. The highest BCUT2D eigenvalue weighted by Gasteiger charge is 2.06. The average Bonchev–Trinajstić information content (AvgIpc) is 2.83. The van der Waals surface area contributed by atoms with Crippen molar-refractivity contribution in [3.05, 3.63) is 36.2 Å². The summed E-state index contributed by atoms with van der Waals surface area (Å²) in [5, 5.41) is 12.7.